The van der Waals surface area contributed by atoms with E-state index in [1.807, 2.05) is 111 Å². The molecule has 2 N–H and O–H groups in total. The molecular formula is C51H40N4O4. The second-order valence-electron chi connectivity index (χ2n) is 14.9. The average Bonchev–Trinajstić information content (AvgIpc) is 3.77. The Morgan fingerprint density at radius 1 is 0.424 bits per heavy atom. The number of fused-ring (bicyclic) bond motifs is 6. The van der Waals surface area contributed by atoms with Crippen LogP contribution >= 0.6 is 0 Å². The minimum atomic E-state index is -0.261. The predicted molar refractivity (Wildman–Crippen MR) is 236 cm³/mol. The van der Waals surface area contributed by atoms with Crippen molar-refractivity contribution in [2.45, 2.75) is 32.5 Å². The van der Waals surface area contributed by atoms with Crippen molar-refractivity contribution >= 4 is 43.6 Å². The third-order valence-electron chi connectivity index (χ3n) is 11.1. The van der Waals surface area contributed by atoms with Crippen molar-refractivity contribution in [2.75, 3.05) is 0 Å². The Hall–Kier alpha value is -7.58. The summed E-state index contributed by atoms with van der Waals surface area (Å²) in [4.78, 5) is 9.23. The van der Waals surface area contributed by atoms with E-state index in [-0.39, 0.29) is 23.7 Å². The predicted octanol–water partition coefficient (Wildman–Crippen LogP) is 12.0. The number of nitrogens with zero attached hydrogens (tertiary/aromatic N) is 4. The molecule has 0 radical (unpaired) electrons. The van der Waals surface area contributed by atoms with Crippen molar-refractivity contribution in [1.82, 2.24) is 19.1 Å². The Kier molecular flexibility index (Phi) is 8.94. The smallest absolute Gasteiger partial charge is 0.150 e. The lowest BCUT2D eigenvalue weighted by molar-refractivity contribution is 0.131. The lowest BCUT2D eigenvalue weighted by Crippen LogP contribution is -2.23. The van der Waals surface area contributed by atoms with Crippen LogP contribution in [0.5, 0.6) is 23.0 Å². The topological polar surface area (TPSA) is 94.6 Å². The minimum Gasteiger partial charge on any atom is -0.505 e. The number of benzene rings is 6. The number of hydrogen-bond acceptors (Lipinski definition) is 6. The highest BCUT2D eigenvalue weighted by molar-refractivity contribution is 6.10. The fourth-order valence-corrected chi connectivity index (χ4v) is 8.55. The van der Waals surface area contributed by atoms with E-state index in [9.17, 15) is 10.2 Å². The van der Waals surface area contributed by atoms with Crippen LogP contribution in [0.1, 0.15) is 20.3 Å². The SMILES string of the molecule is CC(C[C@H](C)Oc1ccccc1-c1cncc(-n2c3ccccc3c3ccccc32)c1O)Oc1ccccc1-c1cncc(-n2c3ccccc3c3ccccc32)c1O. The summed E-state index contributed by atoms with van der Waals surface area (Å²) in [6, 6.07) is 48.2. The van der Waals surface area contributed by atoms with Gasteiger partial charge in [-0.25, -0.2) is 0 Å². The van der Waals surface area contributed by atoms with Crippen LogP contribution in [0.2, 0.25) is 0 Å². The zero-order valence-corrected chi connectivity index (χ0v) is 32.5. The summed E-state index contributed by atoms with van der Waals surface area (Å²) >= 11 is 0. The van der Waals surface area contributed by atoms with Gasteiger partial charge in [-0.05, 0) is 50.2 Å². The summed E-state index contributed by atoms with van der Waals surface area (Å²) in [7, 11) is 0. The first-order valence-corrected chi connectivity index (χ1v) is 19.8. The summed E-state index contributed by atoms with van der Waals surface area (Å²) < 4.78 is 17.4. The van der Waals surface area contributed by atoms with Gasteiger partial charge in [0.05, 0.1) is 46.7 Å². The molecule has 4 aromatic heterocycles. The largest absolute Gasteiger partial charge is 0.505 e. The second-order valence-corrected chi connectivity index (χ2v) is 14.9. The van der Waals surface area contributed by atoms with Crippen LogP contribution < -0.4 is 9.47 Å². The van der Waals surface area contributed by atoms with Crippen LogP contribution in [-0.2, 0) is 0 Å². The van der Waals surface area contributed by atoms with E-state index in [0.717, 1.165) is 54.7 Å². The van der Waals surface area contributed by atoms with E-state index in [1.54, 1.807) is 24.8 Å². The van der Waals surface area contributed by atoms with Crippen molar-refractivity contribution in [1.29, 1.82) is 0 Å². The second kappa shape index (κ2) is 14.7. The molecule has 0 amide bonds. The van der Waals surface area contributed by atoms with Gasteiger partial charge >= 0.3 is 0 Å². The lowest BCUT2D eigenvalue weighted by Gasteiger charge is -2.23. The van der Waals surface area contributed by atoms with Crippen LogP contribution in [0.25, 0.3) is 77.2 Å². The van der Waals surface area contributed by atoms with Crippen molar-refractivity contribution in [3.63, 3.8) is 0 Å². The highest BCUT2D eigenvalue weighted by atomic mass is 16.5. The molecule has 288 valence electrons. The highest BCUT2D eigenvalue weighted by Crippen LogP contribution is 2.44. The third-order valence-corrected chi connectivity index (χ3v) is 11.1. The number of hydrogen-bond donors (Lipinski definition) is 2. The van der Waals surface area contributed by atoms with E-state index >= 15 is 0 Å². The molecule has 2 atom stereocenters. The van der Waals surface area contributed by atoms with Gasteiger partial charge in [0.25, 0.3) is 0 Å². The van der Waals surface area contributed by atoms with Gasteiger partial charge in [-0.2, -0.15) is 0 Å². The molecule has 0 aliphatic rings. The Labute approximate surface area is 340 Å². The Morgan fingerprint density at radius 3 is 1.12 bits per heavy atom. The minimum absolute atomic E-state index is 0.114. The molecule has 10 rings (SSSR count). The molecule has 0 saturated heterocycles. The highest BCUT2D eigenvalue weighted by Gasteiger charge is 2.23. The molecule has 0 fully saturated rings. The number of rotatable bonds is 10. The van der Waals surface area contributed by atoms with Crippen LogP contribution in [0.15, 0.2) is 170 Å². The Balaban J connectivity index is 0.917. The van der Waals surface area contributed by atoms with Gasteiger partial charge in [0, 0.05) is 62.6 Å². The van der Waals surface area contributed by atoms with Crippen LogP contribution in [-0.4, -0.2) is 41.5 Å². The van der Waals surface area contributed by atoms with E-state index < -0.39 is 0 Å². The molecule has 1 unspecified atom stereocenters. The van der Waals surface area contributed by atoms with E-state index in [2.05, 4.69) is 67.6 Å². The summed E-state index contributed by atoms with van der Waals surface area (Å²) in [6.45, 7) is 4.03. The molecule has 4 heterocycles. The summed E-state index contributed by atoms with van der Waals surface area (Å²) in [5.41, 5.74) is 7.73. The molecule has 10 aromatic rings. The normalized spacial score (nSPS) is 12.6. The molecule has 0 aliphatic heterocycles. The standard InChI is InChI=1S/C51H40N4O4/c1-32(58-48-25-13-7-19-38(48)40-28-52-30-46(50(40)56)54-42-21-9-3-15-34(42)35-16-4-10-22-43(35)54)27-33(2)59-49-26-14-8-20-39(49)41-29-53-31-47(51(41)57)55-44-23-11-5-17-36(44)37-18-6-12-24-45(37)55/h3-26,28-33H,27H2,1-2H3,(H,52,56)(H,53,57)/t32-,33?/m0/s1. The molecule has 0 bridgehead atoms. The fourth-order valence-electron chi connectivity index (χ4n) is 8.55. The molecular weight excluding hydrogens is 733 g/mol. The van der Waals surface area contributed by atoms with Gasteiger partial charge in [0.2, 0.25) is 0 Å². The maximum absolute atomic E-state index is 11.9. The number of ether oxygens (including phenoxy) is 2. The van der Waals surface area contributed by atoms with Gasteiger partial charge in [-0.1, -0.05) is 109 Å². The van der Waals surface area contributed by atoms with E-state index in [0.29, 0.717) is 40.4 Å². The Morgan fingerprint density at radius 2 is 0.746 bits per heavy atom. The van der Waals surface area contributed by atoms with E-state index in [1.165, 1.54) is 0 Å². The lowest BCUT2D eigenvalue weighted by atomic mass is 10.0. The van der Waals surface area contributed by atoms with Crippen LogP contribution in [0.3, 0.4) is 0 Å². The van der Waals surface area contributed by atoms with Crippen LogP contribution in [0.4, 0.5) is 0 Å². The van der Waals surface area contributed by atoms with Gasteiger partial charge in [-0.3, -0.25) is 9.97 Å². The van der Waals surface area contributed by atoms with Gasteiger partial charge in [0.15, 0.2) is 11.5 Å². The zero-order valence-electron chi connectivity index (χ0n) is 32.5. The summed E-state index contributed by atoms with van der Waals surface area (Å²) in [5.74, 6) is 1.48. The summed E-state index contributed by atoms with van der Waals surface area (Å²) in [6.07, 6.45) is 6.81. The fraction of sp³-hybridized carbons (Fsp3) is 0.0980. The van der Waals surface area contributed by atoms with Crippen molar-refractivity contribution < 1.29 is 19.7 Å². The quantitative estimate of drug-likeness (QED) is 0.144. The first-order valence-electron chi connectivity index (χ1n) is 19.8. The number of para-hydroxylation sites is 6. The first kappa shape index (κ1) is 35.8. The Bertz CT molecular complexity index is 2870. The number of aromatic nitrogens is 4. The maximum atomic E-state index is 11.9. The molecule has 0 saturated carbocycles. The van der Waals surface area contributed by atoms with Crippen molar-refractivity contribution in [3.8, 4) is 56.6 Å². The zero-order chi connectivity index (χ0) is 40.0. The monoisotopic (exact) mass is 772 g/mol. The van der Waals surface area contributed by atoms with Gasteiger partial charge in [0.1, 0.15) is 22.9 Å². The third kappa shape index (κ3) is 6.17. The summed E-state index contributed by atoms with van der Waals surface area (Å²) in [5, 5.41) is 28.3. The molecule has 8 heteroatoms. The molecule has 59 heavy (non-hydrogen) atoms. The molecule has 6 aromatic carbocycles. The first-order chi connectivity index (χ1) is 29.0. The average molecular weight is 773 g/mol. The number of aromatic hydroxyl groups is 2. The van der Waals surface area contributed by atoms with Gasteiger partial charge < -0.3 is 28.8 Å². The maximum Gasteiger partial charge on any atom is 0.150 e. The molecule has 0 aliphatic carbocycles. The van der Waals surface area contributed by atoms with Crippen molar-refractivity contribution in [2.24, 2.45) is 0 Å². The number of pyridine rings is 2. The van der Waals surface area contributed by atoms with Crippen molar-refractivity contribution in [3.05, 3.63) is 170 Å². The van der Waals surface area contributed by atoms with Crippen LogP contribution in [0, 0.1) is 0 Å². The molecule has 0 spiro atoms. The molecule has 8 nitrogen and oxygen atoms in total. The van der Waals surface area contributed by atoms with E-state index in [4.69, 9.17) is 9.47 Å². The van der Waals surface area contributed by atoms with Gasteiger partial charge in [-0.15, -0.1) is 0 Å².